The summed E-state index contributed by atoms with van der Waals surface area (Å²) in [6.45, 7) is 2.47. The molecule has 5 heteroatoms. The fraction of sp³-hybridized carbons (Fsp3) is 0.294. The van der Waals surface area contributed by atoms with Crippen molar-refractivity contribution in [1.82, 2.24) is 10.3 Å². The smallest absolute Gasteiger partial charge is 0.258 e. The lowest BCUT2D eigenvalue weighted by atomic mass is 10.2. The first-order valence-electron chi connectivity index (χ1n) is 7.13. The highest BCUT2D eigenvalue weighted by Crippen LogP contribution is 2.11. The van der Waals surface area contributed by atoms with Crippen LogP contribution in [0.25, 0.3) is 0 Å². The van der Waals surface area contributed by atoms with Crippen LogP contribution in [0.15, 0.2) is 42.6 Å². The van der Waals surface area contributed by atoms with Crippen molar-refractivity contribution >= 4 is 11.7 Å². The maximum absolute atomic E-state index is 11.8. The molecule has 1 amide bonds. The van der Waals surface area contributed by atoms with E-state index in [0.717, 1.165) is 16.9 Å². The molecule has 0 bridgehead atoms. The fourth-order valence-corrected chi connectivity index (χ4v) is 1.85. The predicted octanol–water partition coefficient (Wildman–Crippen LogP) is 2.15. The van der Waals surface area contributed by atoms with Gasteiger partial charge >= 0.3 is 0 Å². The lowest BCUT2D eigenvalue weighted by molar-refractivity contribution is -0.123. The maximum Gasteiger partial charge on any atom is 0.258 e. The van der Waals surface area contributed by atoms with Gasteiger partial charge in [0.25, 0.3) is 5.91 Å². The number of aryl methyl sites for hydroxylation is 1. The number of aromatic nitrogens is 1. The Morgan fingerprint density at radius 1 is 1.23 bits per heavy atom. The summed E-state index contributed by atoms with van der Waals surface area (Å²) in [5, 5.41) is 2.84. The van der Waals surface area contributed by atoms with Crippen LogP contribution in [0.1, 0.15) is 11.1 Å². The maximum atomic E-state index is 11.8. The number of benzene rings is 1. The Kier molecular flexibility index (Phi) is 5.36. The monoisotopic (exact) mass is 299 g/mol. The minimum atomic E-state index is -0.149. The van der Waals surface area contributed by atoms with Crippen LogP contribution in [0.4, 0.5) is 5.82 Å². The van der Waals surface area contributed by atoms with Gasteiger partial charge in [-0.25, -0.2) is 4.98 Å². The lowest BCUT2D eigenvalue weighted by Gasteiger charge is -2.12. The van der Waals surface area contributed by atoms with Gasteiger partial charge in [0.15, 0.2) is 6.61 Å². The third-order valence-corrected chi connectivity index (χ3v) is 3.15. The Hall–Kier alpha value is -2.56. The van der Waals surface area contributed by atoms with Gasteiger partial charge in [0, 0.05) is 26.8 Å². The van der Waals surface area contributed by atoms with Crippen molar-refractivity contribution in [2.75, 3.05) is 25.6 Å². The lowest BCUT2D eigenvalue weighted by Crippen LogP contribution is -2.28. The summed E-state index contributed by atoms with van der Waals surface area (Å²) < 4.78 is 5.44. The second-order valence-corrected chi connectivity index (χ2v) is 5.30. The zero-order chi connectivity index (χ0) is 15.9. The number of hydrogen-bond donors (Lipinski definition) is 1. The SMILES string of the molecule is Cc1ccc(OCC(=O)NCc2ccnc(N(C)C)c2)cc1. The van der Waals surface area contributed by atoms with E-state index in [1.54, 1.807) is 6.20 Å². The largest absolute Gasteiger partial charge is 0.484 e. The number of amides is 1. The van der Waals surface area contributed by atoms with E-state index in [-0.39, 0.29) is 12.5 Å². The molecule has 0 aliphatic carbocycles. The molecule has 0 aliphatic heterocycles. The van der Waals surface area contributed by atoms with Crippen LogP contribution in [0.3, 0.4) is 0 Å². The molecule has 1 aromatic carbocycles. The fourth-order valence-electron chi connectivity index (χ4n) is 1.85. The minimum absolute atomic E-state index is 0.00861. The van der Waals surface area contributed by atoms with Crippen molar-refractivity contribution in [2.24, 2.45) is 0 Å². The minimum Gasteiger partial charge on any atom is -0.484 e. The summed E-state index contributed by atoms with van der Waals surface area (Å²) in [7, 11) is 3.86. The van der Waals surface area contributed by atoms with Crippen molar-refractivity contribution in [1.29, 1.82) is 0 Å². The molecule has 5 nitrogen and oxygen atoms in total. The van der Waals surface area contributed by atoms with E-state index in [0.29, 0.717) is 12.3 Å². The van der Waals surface area contributed by atoms with E-state index in [1.807, 2.05) is 62.3 Å². The molecule has 22 heavy (non-hydrogen) atoms. The van der Waals surface area contributed by atoms with Crippen molar-refractivity contribution in [3.05, 3.63) is 53.7 Å². The first kappa shape index (κ1) is 15.8. The first-order chi connectivity index (χ1) is 10.5. The highest BCUT2D eigenvalue weighted by Gasteiger charge is 2.04. The van der Waals surface area contributed by atoms with E-state index in [2.05, 4.69) is 10.3 Å². The second-order valence-electron chi connectivity index (χ2n) is 5.30. The van der Waals surface area contributed by atoms with E-state index in [4.69, 9.17) is 4.74 Å². The summed E-state index contributed by atoms with van der Waals surface area (Å²) >= 11 is 0. The number of hydrogen-bond acceptors (Lipinski definition) is 4. The topological polar surface area (TPSA) is 54.5 Å². The summed E-state index contributed by atoms with van der Waals surface area (Å²) in [6, 6.07) is 11.4. The molecule has 0 fully saturated rings. The van der Waals surface area contributed by atoms with E-state index in [9.17, 15) is 4.79 Å². The number of ether oxygens (including phenoxy) is 1. The molecule has 0 spiro atoms. The number of anilines is 1. The van der Waals surface area contributed by atoms with Crippen LogP contribution in [-0.2, 0) is 11.3 Å². The van der Waals surface area contributed by atoms with Gasteiger partial charge < -0.3 is 15.0 Å². The molecule has 2 aromatic rings. The quantitative estimate of drug-likeness (QED) is 0.888. The van der Waals surface area contributed by atoms with Gasteiger partial charge in [0.1, 0.15) is 11.6 Å². The molecule has 0 saturated carbocycles. The zero-order valence-corrected chi connectivity index (χ0v) is 13.2. The first-order valence-corrected chi connectivity index (χ1v) is 7.13. The number of rotatable bonds is 6. The van der Waals surface area contributed by atoms with Gasteiger partial charge in [0.2, 0.25) is 0 Å². The van der Waals surface area contributed by atoms with Crippen LogP contribution in [0, 0.1) is 6.92 Å². The highest BCUT2D eigenvalue weighted by atomic mass is 16.5. The summed E-state index contributed by atoms with van der Waals surface area (Å²) in [5.74, 6) is 1.41. The van der Waals surface area contributed by atoms with Crippen molar-refractivity contribution in [2.45, 2.75) is 13.5 Å². The van der Waals surface area contributed by atoms with Gasteiger partial charge in [0.05, 0.1) is 0 Å². The molecule has 0 atom stereocenters. The molecule has 116 valence electrons. The van der Waals surface area contributed by atoms with Crippen molar-refractivity contribution in [3.63, 3.8) is 0 Å². The normalized spacial score (nSPS) is 10.1. The third-order valence-electron chi connectivity index (χ3n) is 3.15. The molecule has 0 unspecified atom stereocenters. The highest BCUT2D eigenvalue weighted by molar-refractivity contribution is 5.77. The molecule has 0 saturated heterocycles. The molecule has 1 aromatic heterocycles. The molecule has 0 radical (unpaired) electrons. The van der Waals surface area contributed by atoms with Crippen molar-refractivity contribution < 1.29 is 9.53 Å². The Labute approximate surface area is 130 Å². The molecule has 1 heterocycles. The molecular formula is C17H21N3O2. The zero-order valence-electron chi connectivity index (χ0n) is 13.2. The van der Waals surface area contributed by atoms with E-state index < -0.39 is 0 Å². The Bertz CT molecular complexity index is 624. The molecular weight excluding hydrogens is 278 g/mol. The van der Waals surface area contributed by atoms with Gasteiger partial charge in [-0.2, -0.15) is 0 Å². The van der Waals surface area contributed by atoms with Crippen LogP contribution in [0.5, 0.6) is 5.75 Å². The average Bonchev–Trinajstić information content (AvgIpc) is 2.52. The third kappa shape index (κ3) is 4.77. The van der Waals surface area contributed by atoms with Gasteiger partial charge in [-0.3, -0.25) is 4.79 Å². The van der Waals surface area contributed by atoms with Gasteiger partial charge in [-0.1, -0.05) is 17.7 Å². The number of carbonyl (C=O) groups is 1. The average molecular weight is 299 g/mol. The molecule has 1 N–H and O–H groups in total. The molecule has 0 aliphatic rings. The standard InChI is InChI=1S/C17H21N3O2/c1-13-4-6-15(7-5-13)22-12-17(21)19-11-14-8-9-18-16(10-14)20(2)3/h4-10H,11-12H2,1-3H3,(H,19,21). The van der Waals surface area contributed by atoms with Crippen LogP contribution >= 0.6 is 0 Å². The van der Waals surface area contributed by atoms with Gasteiger partial charge in [-0.15, -0.1) is 0 Å². The summed E-state index contributed by atoms with van der Waals surface area (Å²) in [6.07, 6.45) is 1.74. The van der Waals surface area contributed by atoms with E-state index in [1.165, 1.54) is 0 Å². The Morgan fingerprint density at radius 2 is 1.95 bits per heavy atom. The second kappa shape index (κ2) is 7.45. The van der Waals surface area contributed by atoms with Crippen LogP contribution < -0.4 is 15.0 Å². The molecule has 2 rings (SSSR count). The number of carbonyl (C=O) groups excluding carboxylic acids is 1. The van der Waals surface area contributed by atoms with Crippen LogP contribution in [-0.4, -0.2) is 31.6 Å². The van der Waals surface area contributed by atoms with E-state index >= 15 is 0 Å². The Balaban J connectivity index is 1.80. The summed E-state index contributed by atoms with van der Waals surface area (Å²) in [4.78, 5) is 18.0. The van der Waals surface area contributed by atoms with Crippen molar-refractivity contribution in [3.8, 4) is 5.75 Å². The van der Waals surface area contributed by atoms with Crippen LogP contribution in [0.2, 0.25) is 0 Å². The Morgan fingerprint density at radius 3 is 2.64 bits per heavy atom. The predicted molar refractivity (Wildman–Crippen MR) is 87.1 cm³/mol. The summed E-state index contributed by atoms with van der Waals surface area (Å²) in [5.41, 5.74) is 2.16. The van der Waals surface area contributed by atoms with Gasteiger partial charge in [-0.05, 0) is 36.8 Å². The number of nitrogens with one attached hydrogen (secondary N) is 1. The number of pyridine rings is 1. The number of nitrogens with zero attached hydrogens (tertiary/aromatic N) is 2.